The number of hydrogen-bond acceptors (Lipinski definition) is 14. The van der Waals surface area contributed by atoms with Crippen molar-refractivity contribution in [1.29, 1.82) is 0 Å². The quantitative estimate of drug-likeness (QED) is 0.251. The molecule has 3 aliphatic heterocycles. The van der Waals surface area contributed by atoms with Crippen LogP contribution in [0.15, 0.2) is 29.0 Å². The van der Waals surface area contributed by atoms with E-state index in [-0.39, 0.29) is 36.6 Å². The number of rotatable bonds is 9. The van der Waals surface area contributed by atoms with Crippen molar-refractivity contribution in [2.24, 2.45) is 10.9 Å². The zero-order chi connectivity index (χ0) is 29.9. The van der Waals surface area contributed by atoms with Crippen LogP contribution in [0, 0.1) is 5.92 Å². The Morgan fingerprint density at radius 1 is 0.977 bits per heavy atom. The molecule has 6 rings (SSSR count). The summed E-state index contributed by atoms with van der Waals surface area (Å²) in [5.41, 5.74) is 1.20. The monoisotopic (exact) mass is 600 g/mol. The highest BCUT2D eigenvalue weighted by Gasteiger charge is 2.49. The van der Waals surface area contributed by atoms with E-state index in [9.17, 15) is 20.1 Å². The number of imidazole rings is 1. The maximum absolute atomic E-state index is 13.0. The normalized spacial score (nSPS) is 29.9. The molecule has 0 amide bonds. The molecule has 3 fully saturated rings. The largest absolute Gasteiger partial charge is 0.511 e. The number of allylic oxidation sites excluding steroid dienone is 2. The van der Waals surface area contributed by atoms with E-state index >= 15 is 0 Å². The molecule has 4 N–H and O–H groups in total. The zero-order valence-electron chi connectivity index (χ0n) is 24.1. The molecular weight excluding hydrogens is 560 g/mol. The van der Waals surface area contributed by atoms with Gasteiger partial charge in [-0.3, -0.25) is 24.2 Å². The SMILES string of the molecule is O=C1CC([C@H]2O[C@@H](n3cnc4c(N5CCOCC5)ncnc43)[C@H](O)[C@@H]2O)CC(O)=C1C=NCCN1CCN(CCO)CC1. The maximum Gasteiger partial charge on any atom is 0.168 e. The molecule has 0 bridgehead atoms. The summed E-state index contributed by atoms with van der Waals surface area (Å²) < 4.78 is 13.2. The Bertz CT molecular complexity index is 1340. The number of piperazine rings is 1. The van der Waals surface area contributed by atoms with Crippen molar-refractivity contribution < 1.29 is 34.7 Å². The Balaban J connectivity index is 1.08. The number of carbonyl (C=O) groups excluding carboxylic acids is 1. The van der Waals surface area contributed by atoms with Gasteiger partial charge < -0.3 is 34.8 Å². The highest BCUT2D eigenvalue weighted by Crippen LogP contribution is 2.40. The van der Waals surface area contributed by atoms with Gasteiger partial charge in [-0.15, -0.1) is 0 Å². The molecule has 0 spiro atoms. The minimum atomic E-state index is -1.29. The molecule has 1 unspecified atom stereocenters. The third-order valence-electron chi connectivity index (χ3n) is 8.83. The van der Waals surface area contributed by atoms with E-state index in [1.807, 2.05) is 0 Å². The van der Waals surface area contributed by atoms with Crippen LogP contribution < -0.4 is 4.90 Å². The Labute approximate surface area is 249 Å². The van der Waals surface area contributed by atoms with Crippen LogP contribution in [0.1, 0.15) is 19.1 Å². The first-order valence-corrected chi connectivity index (χ1v) is 15.0. The summed E-state index contributed by atoms with van der Waals surface area (Å²) in [6.45, 7) is 8.23. The minimum Gasteiger partial charge on any atom is -0.511 e. The lowest BCUT2D eigenvalue weighted by Crippen LogP contribution is -2.47. The smallest absolute Gasteiger partial charge is 0.168 e. The second-order valence-electron chi connectivity index (χ2n) is 11.5. The Kier molecular flexibility index (Phi) is 9.28. The van der Waals surface area contributed by atoms with Gasteiger partial charge in [0, 0.05) is 77.3 Å². The molecule has 4 aliphatic rings. The van der Waals surface area contributed by atoms with Crippen molar-refractivity contribution in [1.82, 2.24) is 29.3 Å². The van der Waals surface area contributed by atoms with Gasteiger partial charge in [-0.25, -0.2) is 15.0 Å². The lowest BCUT2D eigenvalue weighted by atomic mass is 9.82. The van der Waals surface area contributed by atoms with Gasteiger partial charge in [0.2, 0.25) is 0 Å². The van der Waals surface area contributed by atoms with E-state index in [4.69, 9.17) is 14.6 Å². The van der Waals surface area contributed by atoms with E-state index in [0.29, 0.717) is 56.4 Å². The predicted octanol–water partition coefficient (Wildman–Crippen LogP) is -1.25. The van der Waals surface area contributed by atoms with Crippen LogP contribution >= 0.6 is 0 Å². The fraction of sp³-hybridized carbons (Fsp3) is 0.679. The number of aliphatic imine (C=N–C) groups is 1. The summed E-state index contributed by atoms with van der Waals surface area (Å²) in [6.07, 6.45) is 0.135. The average Bonchev–Trinajstić information content (AvgIpc) is 3.58. The topological polar surface area (TPSA) is 182 Å². The summed E-state index contributed by atoms with van der Waals surface area (Å²) in [5.74, 6) is -0.227. The molecule has 3 saturated heterocycles. The number of aliphatic hydroxyl groups is 4. The van der Waals surface area contributed by atoms with Gasteiger partial charge in [0.15, 0.2) is 29.0 Å². The number of fused-ring (bicyclic) bond motifs is 1. The highest BCUT2D eigenvalue weighted by molar-refractivity contribution is 6.14. The molecule has 0 saturated carbocycles. The molecule has 1 aliphatic carbocycles. The number of anilines is 1. The van der Waals surface area contributed by atoms with Crippen LogP contribution in [0.5, 0.6) is 0 Å². The molecule has 2 aromatic heterocycles. The first-order chi connectivity index (χ1) is 20.9. The Morgan fingerprint density at radius 3 is 2.44 bits per heavy atom. The summed E-state index contributed by atoms with van der Waals surface area (Å²) in [7, 11) is 0. The molecule has 15 nitrogen and oxygen atoms in total. The van der Waals surface area contributed by atoms with Crippen LogP contribution in [-0.4, -0.2) is 159 Å². The van der Waals surface area contributed by atoms with Gasteiger partial charge >= 0.3 is 0 Å². The highest BCUT2D eigenvalue weighted by atomic mass is 16.6. The van der Waals surface area contributed by atoms with Gasteiger partial charge in [-0.2, -0.15) is 0 Å². The van der Waals surface area contributed by atoms with Crippen molar-refractivity contribution in [3.8, 4) is 0 Å². The lowest BCUT2D eigenvalue weighted by Gasteiger charge is -2.33. The second kappa shape index (κ2) is 13.3. The van der Waals surface area contributed by atoms with Gasteiger partial charge in [0.05, 0.1) is 44.4 Å². The molecule has 0 aromatic carbocycles. The lowest BCUT2D eigenvalue weighted by molar-refractivity contribution is -0.120. The van der Waals surface area contributed by atoms with Crippen molar-refractivity contribution in [2.45, 2.75) is 37.4 Å². The average molecular weight is 601 g/mol. The Hall–Kier alpha value is -3.05. The predicted molar refractivity (Wildman–Crippen MR) is 155 cm³/mol. The van der Waals surface area contributed by atoms with Crippen LogP contribution in [0.2, 0.25) is 0 Å². The van der Waals surface area contributed by atoms with Crippen LogP contribution in [0.3, 0.4) is 0 Å². The van der Waals surface area contributed by atoms with E-state index in [1.54, 1.807) is 4.57 Å². The molecule has 2 aromatic rings. The van der Waals surface area contributed by atoms with Gasteiger partial charge in [0.1, 0.15) is 24.3 Å². The van der Waals surface area contributed by atoms with E-state index in [0.717, 1.165) is 32.7 Å². The van der Waals surface area contributed by atoms with Crippen molar-refractivity contribution in [2.75, 3.05) is 83.6 Å². The fourth-order valence-corrected chi connectivity index (χ4v) is 6.39. The molecule has 43 heavy (non-hydrogen) atoms. The summed E-state index contributed by atoms with van der Waals surface area (Å²) >= 11 is 0. The van der Waals surface area contributed by atoms with E-state index in [2.05, 4.69) is 34.6 Å². The van der Waals surface area contributed by atoms with Crippen LogP contribution in [0.25, 0.3) is 11.2 Å². The molecule has 15 heteroatoms. The number of ketones is 1. The summed E-state index contributed by atoms with van der Waals surface area (Å²) in [5, 5.41) is 41.8. The first-order valence-electron chi connectivity index (χ1n) is 15.0. The van der Waals surface area contributed by atoms with Gasteiger partial charge in [0.25, 0.3) is 0 Å². The number of aliphatic hydroxyl groups excluding tert-OH is 4. The summed E-state index contributed by atoms with van der Waals surface area (Å²) in [4.78, 5) is 37.3. The van der Waals surface area contributed by atoms with Gasteiger partial charge in [-0.05, 0) is 0 Å². The number of morpholine rings is 1. The number of nitrogens with zero attached hydrogens (tertiary/aromatic N) is 8. The molecule has 5 heterocycles. The molecule has 234 valence electrons. The van der Waals surface area contributed by atoms with Crippen molar-refractivity contribution >= 4 is 29.0 Å². The maximum atomic E-state index is 13.0. The standard InChI is InChI=1S/C28H40N8O7/c37-10-7-34-5-3-33(4-6-34)2-1-29-15-19-20(38)13-18(14-21(19)39)25-23(40)24(41)28(43-25)36-17-32-22-26(30-16-31-27(22)36)35-8-11-42-12-9-35/h15-18,23-25,28,37-38,40-41H,1-14H2/t18?,23-,24+,25+,28+/m0/s1. The first kappa shape index (κ1) is 30.0. The number of ether oxygens (including phenoxy) is 2. The van der Waals surface area contributed by atoms with E-state index in [1.165, 1.54) is 18.9 Å². The Morgan fingerprint density at radius 2 is 1.72 bits per heavy atom. The number of carbonyl (C=O) groups is 1. The van der Waals surface area contributed by atoms with Crippen LogP contribution in [0.4, 0.5) is 5.82 Å². The van der Waals surface area contributed by atoms with E-state index < -0.39 is 30.5 Å². The summed E-state index contributed by atoms with van der Waals surface area (Å²) in [6, 6.07) is 0. The third-order valence-corrected chi connectivity index (χ3v) is 8.83. The molecule has 5 atom stereocenters. The van der Waals surface area contributed by atoms with Crippen molar-refractivity contribution in [3.05, 3.63) is 24.0 Å². The van der Waals surface area contributed by atoms with Crippen LogP contribution in [-0.2, 0) is 14.3 Å². The number of Topliss-reactive ketones (excluding diaryl/α,β-unsaturated/α-hetero) is 1. The third kappa shape index (κ3) is 6.29. The second-order valence-corrected chi connectivity index (χ2v) is 11.5. The fourth-order valence-electron chi connectivity index (χ4n) is 6.39. The number of aromatic nitrogens is 4. The van der Waals surface area contributed by atoms with Crippen molar-refractivity contribution in [3.63, 3.8) is 0 Å². The number of β-amino-alcohol motifs (C(OH)–C–C–N with tert-alkyl or cyclic N) is 1. The minimum absolute atomic E-state index is 0.0490. The van der Waals surface area contributed by atoms with Gasteiger partial charge in [-0.1, -0.05) is 0 Å². The molecule has 0 radical (unpaired) electrons. The zero-order valence-corrected chi connectivity index (χ0v) is 24.1. The molecular formula is C28H40N8O7. The number of hydrogen-bond donors (Lipinski definition) is 4.